The third kappa shape index (κ3) is 5.31. The highest BCUT2D eigenvalue weighted by Gasteiger charge is 2.21. The molecule has 2 aromatic rings. The number of benzene rings is 2. The first-order valence-corrected chi connectivity index (χ1v) is 7.55. The zero-order chi connectivity index (χ0) is 17.6. The van der Waals surface area contributed by atoms with Crippen molar-refractivity contribution in [1.29, 1.82) is 0 Å². The van der Waals surface area contributed by atoms with Crippen molar-refractivity contribution in [3.8, 4) is 11.5 Å². The fraction of sp³-hybridized carbons (Fsp3) is 0.222. The number of urea groups is 1. The van der Waals surface area contributed by atoms with Crippen molar-refractivity contribution in [1.82, 2.24) is 10.9 Å². The lowest BCUT2D eigenvalue weighted by atomic mass is 9.96. The molecule has 0 unspecified atom stereocenters. The highest BCUT2D eigenvalue weighted by Crippen LogP contribution is 2.23. The molecule has 0 saturated carbocycles. The van der Waals surface area contributed by atoms with Gasteiger partial charge in [0.1, 0.15) is 11.5 Å². The van der Waals surface area contributed by atoms with E-state index in [1.807, 2.05) is 30.3 Å². The van der Waals surface area contributed by atoms with Gasteiger partial charge in [-0.3, -0.25) is 10.2 Å². The highest BCUT2D eigenvalue weighted by atomic mass is 16.5. The van der Waals surface area contributed by atoms with E-state index in [0.717, 1.165) is 0 Å². The normalized spacial score (nSPS) is 10.6. The van der Waals surface area contributed by atoms with E-state index < -0.39 is 11.4 Å². The highest BCUT2D eigenvalue weighted by molar-refractivity contribution is 5.91. The van der Waals surface area contributed by atoms with Crippen LogP contribution in [0.3, 0.4) is 0 Å². The Morgan fingerprint density at radius 1 is 0.875 bits per heavy atom. The number of anilines is 1. The Hall–Kier alpha value is -3.02. The first kappa shape index (κ1) is 17.3. The summed E-state index contributed by atoms with van der Waals surface area (Å²) in [6.45, 7) is 5.27. The predicted octanol–water partition coefficient (Wildman–Crippen LogP) is 3.68. The molecule has 3 N–H and O–H groups in total. The summed E-state index contributed by atoms with van der Waals surface area (Å²) in [4.78, 5) is 23.5. The van der Waals surface area contributed by atoms with Gasteiger partial charge in [-0.15, -0.1) is 0 Å². The number of carbonyl (C=O) groups excluding carboxylic acids is 2. The summed E-state index contributed by atoms with van der Waals surface area (Å²) < 4.78 is 5.70. The summed E-state index contributed by atoms with van der Waals surface area (Å²) >= 11 is 0. The Morgan fingerprint density at radius 3 is 2.21 bits per heavy atom. The molecular formula is C18H21N3O3. The van der Waals surface area contributed by atoms with E-state index in [9.17, 15) is 9.59 Å². The first-order chi connectivity index (χ1) is 11.3. The molecule has 0 fully saturated rings. The molecule has 0 saturated heterocycles. The summed E-state index contributed by atoms with van der Waals surface area (Å²) in [5.74, 6) is 1.02. The molecule has 0 bridgehead atoms. The van der Waals surface area contributed by atoms with Crippen LogP contribution in [0.2, 0.25) is 0 Å². The quantitative estimate of drug-likeness (QED) is 0.752. The van der Waals surface area contributed by atoms with Crippen LogP contribution in [0.4, 0.5) is 10.5 Å². The van der Waals surface area contributed by atoms with E-state index in [1.165, 1.54) is 0 Å². The van der Waals surface area contributed by atoms with Crippen LogP contribution in [0.1, 0.15) is 20.8 Å². The minimum atomic E-state index is -0.587. The molecule has 3 amide bonds. The zero-order valence-corrected chi connectivity index (χ0v) is 13.9. The fourth-order valence-electron chi connectivity index (χ4n) is 1.73. The lowest BCUT2D eigenvalue weighted by Gasteiger charge is -2.18. The molecule has 6 heteroatoms. The number of hydrogen-bond donors (Lipinski definition) is 3. The lowest BCUT2D eigenvalue weighted by Crippen LogP contribution is -2.48. The number of para-hydroxylation sites is 1. The third-order valence-electron chi connectivity index (χ3n) is 3.04. The molecule has 0 heterocycles. The molecular weight excluding hydrogens is 306 g/mol. The molecule has 0 aliphatic rings. The average Bonchev–Trinajstić information content (AvgIpc) is 2.53. The summed E-state index contributed by atoms with van der Waals surface area (Å²) in [7, 11) is 0. The first-order valence-electron chi connectivity index (χ1n) is 7.55. The van der Waals surface area contributed by atoms with E-state index in [-0.39, 0.29) is 5.91 Å². The van der Waals surface area contributed by atoms with Crippen LogP contribution >= 0.6 is 0 Å². The van der Waals surface area contributed by atoms with Crippen molar-refractivity contribution in [3.63, 3.8) is 0 Å². The maximum atomic E-state index is 11.8. The van der Waals surface area contributed by atoms with Crippen LogP contribution in [0, 0.1) is 5.41 Å². The van der Waals surface area contributed by atoms with Crippen LogP contribution in [0.25, 0.3) is 0 Å². The van der Waals surface area contributed by atoms with Gasteiger partial charge in [0.15, 0.2) is 0 Å². The van der Waals surface area contributed by atoms with Gasteiger partial charge in [0.25, 0.3) is 0 Å². The van der Waals surface area contributed by atoms with Crippen LogP contribution in [-0.2, 0) is 4.79 Å². The molecule has 2 rings (SSSR count). The van der Waals surface area contributed by atoms with Crippen molar-refractivity contribution in [2.45, 2.75) is 20.8 Å². The minimum Gasteiger partial charge on any atom is -0.457 e. The fourth-order valence-corrected chi connectivity index (χ4v) is 1.73. The Morgan fingerprint density at radius 2 is 1.54 bits per heavy atom. The van der Waals surface area contributed by atoms with Crippen LogP contribution in [0.15, 0.2) is 54.6 Å². The van der Waals surface area contributed by atoms with E-state index in [1.54, 1.807) is 45.0 Å². The van der Waals surface area contributed by atoms with Gasteiger partial charge in [0.2, 0.25) is 5.91 Å². The standard InChI is InChI=1S/C18H21N3O3/c1-18(2,3)16(22)20-21-17(23)19-13-8-7-11-15(12-13)24-14-9-5-4-6-10-14/h4-12H,1-3H3,(H,20,22)(H2,19,21,23). The molecule has 126 valence electrons. The van der Waals surface area contributed by atoms with E-state index in [0.29, 0.717) is 17.2 Å². The minimum absolute atomic E-state index is 0.279. The Labute approximate surface area is 141 Å². The van der Waals surface area contributed by atoms with Crippen molar-refractivity contribution >= 4 is 17.6 Å². The van der Waals surface area contributed by atoms with E-state index in [4.69, 9.17) is 4.74 Å². The number of nitrogens with one attached hydrogen (secondary N) is 3. The molecule has 0 radical (unpaired) electrons. The topological polar surface area (TPSA) is 79.5 Å². The van der Waals surface area contributed by atoms with Crippen molar-refractivity contribution < 1.29 is 14.3 Å². The smallest absolute Gasteiger partial charge is 0.337 e. The monoisotopic (exact) mass is 327 g/mol. The van der Waals surface area contributed by atoms with Crippen LogP contribution < -0.4 is 20.9 Å². The van der Waals surface area contributed by atoms with Gasteiger partial charge in [-0.1, -0.05) is 45.0 Å². The second kappa shape index (κ2) is 7.50. The maximum absolute atomic E-state index is 11.8. The predicted molar refractivity (Wildman–Crippen MR) is 92.7 cm³/mol. The van der Waals surface area contributed by atoms with Gasteiger partial charge in [-0.05, 0) is 24.3 Å². The van der Waals surface area contributed by atoms with Crippen LogP contribution in [0.5, 0.6) is 11.5 Å². The van der Waals surface area contributed by atoms with Gasteiger partial charge < -0.3 is 10.1 Å². The number of hydrogen-bond acceptors (Lipinski definition) is 3. The molecule has 0 aliphatic heterocycles. The Kier molecular flexibility index (Phi) is 5.42. The third-order valence-corrected chi connectivity index (χ3v) is 3.04. The Balaban J connectivity index is 1.92. The molecule has 24 heavy (non-hydrogen) atoms. The number of hydrazine groups is 1. The Bertz CT molecular complexity index is 709. The van der Waals surface area contributed by atoms with Gasteiger partial charge in [0, 0.05) is 17.2 Å². The maximum Gasteiger partial charge on any atom is 0.337 e. The summed E-state index contributed by atoms with van der Waals surface area (Å²) in [5, 5.41) is 2.63. The van der Waals surface area contributed by atoms with Gasteiger partial charge in [-0.25, -0.2) is 10.2 Å². The molecule has 0 aliphatic carbocycles. The second-order valence-corrected chi connectivity index (χ2v) is 6.23. The SMILES string of the molecule is CC(C)(C)C(=O)NNC(=O)Nc1cccc(Oc2ccccc2)c1. The largest absolute Gasteiger partial charge is 0.457 e. The van der Waals surface area contributed by atoms with E-state index in [2.05, 4.69) is 16.2 Å². The van der Waals surface area contributed by atoms with Crippen molar-refractivity contribution in [2.24, 2.45) is 5.41 Å². The zero-order valence-electron chi connectivity index (χ0n) is 13.9. The van der Waals surface area contributed by atoms with Gasteiger partial charge in [-0.2, -0.15) is 0 Å². The molecule has 0 spiro atoms. The summed E-state index contributed by atoms with van der Waals surface area (Å²) in [6.07, 6.45) is 0. The van der Waals surface area contributed by atoms with Crippen molar-refractivity contribution in [2.75, 3.05) is 5.32 Å². The van der Waals surface area contributed by atoms with Gasteiger partial charge >= 0.3 is 6.03 Å². The van der Waals surface area contributed by atoms with E-state index >= 15 is 0 Å². The second-order valence-electron chi connectivity index (χ2n) is 6.23. The number of ether oxygens (including phenoxy) is 1. The molecule has 2 aromatic carbocycles. The van der Waals surface area contributed by atoms with Crippen molar-refractivity contribution in [3.05, 3.63) is 54.6 Å². The summed E-state index contributed by atoms with van der Waals surface area (Å²) in [5.41, 5.74) is 4.64. The average molecular weight is 327 g/mol. The summed E-state index contributed by atoms with van der Waals surface area (Å²) in [6, 6.07) is 15.8. The number of amides is 3. The molecule has 0 aromatic heterocycles. The number of carbonyl (C=O) groups is 2. The lowest BCUT2D eigenvalue weighted by molar-refractivity contribution is -0.129. The molecule has 6 nitrogen and oxygen atoms in total. The van der Waals surface area contributed by atoms with Crippen LogP contribution in [-0.4, -0.2) is 11.9 Å². The van der Waals surface area contributed by atoms with Gasteiger partial charge in [0.05, 0.1) is 0 Å². The number of rotatable bonds is 3. The molecule has 0 atom stereocenters.